The van der Waals surface area contributed by atoms with Gasteiger partial charge in [-0.2, -0.15) is 4.37 Å². The van der Waals surface area contributed by atoms with E-state index in [9.17, 15) is 5.11 Å². The highest BCUT2D eigenvalue weighted by molar-refractivity contribution is 8.01. The molecule has 0 aromatic carbocycles. The predicted molar refractivity (Wildman–Crippen MR) is 71.5 cm³/mol. The largest absolute Gasteiger partial charge is 0.394 e. The van der Waals surface area contributed by atoms with Gasteiger partial charge in [0.1, 0.15) is 6.33 Å². The molecule has 1 heterocycles. The van der Waals surface area contributed by atoms with Crippen LogP contribution in [-0.4, -0.2) is 38.9 Å². The Kier molecular flexibility index (Phi) is 4.78. The standard InChI is InChI=1S/C11H19N3OS2/c1-2-5-13-11(6-15,9-3-4-9)7-16-10-12-8-14-17-10/h8-9,13,15H,2-7H2,1H3. The Bertz CT molecular complexity index is 329. The number of nitrogens with zero attached hydrogens (tertiary/aromatic N) is 2. The summed E-state index contributed by atoms with van der Waals surface area (Å²) < 4.78 is 4.99. The van der Waals surface area contributed by atoms with Crippen molar-refractivity contribution in [3.8, 4) is 0 Å². The number of rotatable bonds is 8. The monoisotopic (exact) mass is 273 g/mol. The highest BCUT2D eigenvalue weighted by atomic mass is 32.2. The molecule has 17 heavy (non-hydrogen) atoms. The summed E-state index contributed by atoms with van der Waals surface area (Å²) in [5, 5.41) is 13.3. The first-order valence-corrected chi connectivity index (χ1v) is 7.82. The lowest BCUT2D eigenvalue weighted by molar-refractivity contribution is 0.159. The van der Waals surface area contributed by atoms with Crippen molar-refractivity contribution in [2.45, 2.75) is 36.1 Å². The maximum Gasteiger partial charge on any atom is 0.169 e. The van der Waals surface area contributed by atoms with Crippen molar-refractivity contribution in [1.82, 2.24) is 14.7 Å². The van der Waals surface area contributed by atoms with Crippen LogP contribution in [0.4, 0.5) is 0 Å². The van der Waals surface area contributed by atoms with Gasteiger partial charge >= 0.3 is 0 Å². The maximum absolute atomic E-state index is 9.73. The summed E-state index contributed by atoms with van der Waals surface area (Å²) in [7, 11) is 0. The van der Waals surface area contributed by atoms with Gasteiger partial charge in [0.2, 0.25) is 0 Å². The topological polar surface area (TPSA) is 58.0 Å². The van der Waals surface area contributed by atoms with Crippen LogP contribution in [0.5, 0.6) is 0 Å². The van der Waals surface area contributed by atoms with Crippen LogP contribution in [0.25, 0.3) is 0 Å². The molecule has 1 aliphatic rings. The molecule has 2 rings (SSSR count). The van der Waals surface area contributed by atoms with Gasteiger partial charge in [-0.3, -0.25) is 0 Å². The van der Waals surface area contributed by atoms with E-state index in [1.54, 1.807) is 18.1 Å². The fourth-order valence-electron chi connectivity index (χ4n) is 1.97. The molecule has 0 radical (unpaired) electrons. The van der Waals surface area contributed by atoms with Crippen molar-refractivity contribution >= 4 is 23.3 Å². The second-order valence-corrected chi connectivity index (χ2v) is 6.51. The minimum Gasteiger partial charge on any atom is -0.394 e. The minimum atomic E-state index is -0.119. The lowest BCUT2D eigenvalue weighted by Crippen LogP contribution is -2.53. The zero-order valence-electron chi connectivity index (χ0n) is 10.1. The van der Waals surface area contributed by atoms with Crippen LogP contribution in [0, 0.1) is 5.92 Å². The van der Waals surface area contributed by atoms with Crippen LogP contribution in [0.3, 0.4) is 0 Å². The first kappa shape index (κ1) is 13.3. The third kappa shape index (κ3) is 3.40. The predicted octanol–water partition coefficient (Wildman–Crippen LogP) is 1.77. The fraction of sp³-hybridized carbons (Fsp3) is 0.818. The van der Waals surface area contributed by atoms with E-state index >= 15 is 0 Å². The molecule has 1 aromatic rings. The number of thioether (sulfide) groups is 1. The Morgan fingerprint density at radius 3 is 3.00 bits per heavy atom. The second kappa shape index (κ2) is 6.13. The van der Waals surface area contributed by atoms with E-state index in [-0.39, 0.29) is 12.1 Å². The van der Waals surface area contributed by atoms with E-state index in [1.165, 1.54) is 24.4 Å². The molecule has 0 aliphatic heterocycles. The molecular formula is C11H19N3OS2. The molecule has 0 amide bonds. The van der Waals surface area contributed by atoms with Crippen LogP contribution >= 0.6 is 23.3 Å². The van der Waals surface area contributed by atoms with Crippen molar-refractivity contribution in [2.75, 3.05) is 18.9 Å². The summed E-state index contributed by atoms with van der Waals surface area (Å²) in [6.07, 6.45) is 5.14. The van der Waals surface area contributed by atoms with Crippen molar-refractivity contribution in [3.63, 3.8) is 0 Å². The Hall–Kier alpha value is -0.170. The molecule has 1 saturated carbocycles. The highest BCUT2D eigenvalue weighted by Crippen LogP contribution is 2.42. The summed E-state index contributed by atoms with van der Waals surface area (Å²) in [5.74, 6) is 1.50. The minimum absolute atomic E-state index is 0.119. The molecule has 0 saturated heterocycles. The molecule has 0 spiro atoms. The Morgan fingerprint density at radius 1 is 1.65 bits per heavy atom. The second-order valence-electron chi connectivity index (χ2n) is 4.51. The smallest absolute Gasteiger partial charge is 0.169 e. The third-order valence-corrected chi connectivity index (χ3v) is 5.21. The molecule has 4 nitrogen and oxygen atoms in total. The molecule has 6 heteroatoms. The summed E-state index contributed by atoms with van der Waals surface area (Å²) in [6, 6.07) is 0. The number of hydrogen-bond acceptors (Lipinski definition) is 6. The van der Waals surface area contributed by atoms with E-state index in [2.05, 4.69) is 21.6 Å². The van der Waals surface area contributed by atoms with Crippen LogP contribution in [0.15, 0.2) is 10.7 Å². The zero-order valence-corrected chi connectivity index (χ0v) is 11.7. The summed E-state index contributed by atoms with van der Waals surface area (Å²) in [5.41, 5.74) is -0.119. The highest BCUT2D eigenvalue weighted by Gasteiger charge is 2.44. The number of aromatic nitrogens is 2. The quantitative estimate of drug-likeness (QED) is 0.707. The first-order chi connectivity index (χ1) is 8.30. The van der Waals surface area contributed by atoms with Crippen molar-refractivity contribution < 1.29 is 5.11 Å². The van der Waals surface area contributed by atoms with E-state index in [0.29, 0.717) is 5.92 Å². The van der Waals surface area contributed by atoms with E-state index in [1.807, 2.05) is 0 Å². The lowest BCUT2D eigenvalue weighted by Gasteiger charge is -2.33. The van der Waals surface area contributed by atoms with Gasteiger partial charge in [0, 0.05) is 5.75 Å². The molecule has 2 N–H and O–H groups in total. The van der Waals surface area contributed by atoms with Gasteiger partial charge in [0.15, 0.2) is 4.34 Å². The molecule has 1 aliphatic carbocycles. The Labute approximate surface area is 110 Å². The van der Waals surface area contributed by atoms with Gasteiger partial charge in [0.05, 0.1) is 12.1 Å². The van der Waals surface area contributed by atoms with Crippen LogP contribution in [0.1, 0.15) is 26.2 Å². The van der Waals surface area contributed by atoms with Gasteiger partial charge in [-0.1, -0.05) is 18.7 Å². The zero-order chi connectivity index (χ0) is 12.1. The molecule has 1 aromatic heterocycles. The van der Waals surface area contributed by atoms with Crippen molar-refractivity contribution in [3.05, 3.63) is 6.33 Å². The lowest BCUT2D eigenvalue weighted by atomic mass is 9.96. The van der Waals surface area contributed by atoms with Crippen LogP contribution in [0.2, 0.25) is 0 Å². The fourth-order valence-corrected chi connectivity index (χ4v) is 3.70. The molecule has 1 fully saturated rings. The van der Waals surface area contributed by atoms with Crippen molar-refractivity contribution in [1.29, 1.82) is 0 Å². The molecule has 1 unspecified atom stereocenters. The van der Waals surface area contributed by atoms with Gasteiger partial charge in [-0.05, 0) is 43.3 Å². The number of aliphatic hydroxyl groups is 1. The first-order valence-electron chi connectivity index (χ1n) is 6.06. The summed E-state index contributed by atoms with van der Waals surface area (Å²) in [6.45, 7) is 3.33. The average molecular weight is 273 g/mol. The molecule has 1 atom stereocenters. The van der Waals surface area contributed by atoms with Crippen LogP contribution < -0.4 is 5.32 Å². The van der Waals surface area contributed by atoms with E-state index in [0.717, 1.165) is 23.1 Å². The van der Waals surface area contributed by atoms with E-state index < -0.39 is 0 Å². The summed E-state index contributed by atoms with van der Waals surface area (Å²) >= 11 is 3.12. The van der Waals surface area contributed by atoms with E-state index in [4.69, 9.17) is 0 Å². The Morgan fingerprint density at radius 2 is 2.47 bits per heavy atom. The van der Waals surface area contributed by atoms with Crippen molar-refractivity contribution in [2.24, 2.45) is 5.92 Å². The molecule has 0 bridgehead atoms. The number of aliphatic hydroxyl groups excluding tert-OH is 1. The van der Waals surface area contributed by atoms with Gasteiger partial charge in [0.25, 0.3) is 0 Å². The SMILES string of the molecule is CCCNC(CO)(CSc1ncns1)C1CC1. The molecular weight excluding hydrogens is 254 g/mol. The number of nitrogens with one attached hydrogen (secondary N) is 1. The third-order valence-electron chi connectivity index (χ3n) is 3.16. The van der Waals surface area contributed by atoms with Crippen LogP contribution in [-0.2, 0) is 0 Å². The molecule has 96 valence electrons. The number of hydrogen-bond donors (Lipinski definition) is 2. The normalized spacial score (nSPS) is 19.2. The maximum atomic E-state index is 9.73. The average Bonchev–Trinajstić information content (AvgIpc) is 3.08. The van der Waals surface area contributed by atoms with Gasteiger partial charge in [-0.25, -0.2) is 4.98 Å². The van der Waals surface area contributed by atoms with Gasteiger partial charge < -0.3 is 10.4 Å². The van der Waals surface area contributed by atoms with Gasteiger partial charge in [-0.15, -0.1) is 0 Å². The summed E-state index contributed by atoms with van der Waals surface area (Å²) in [4.78, 5) is 4.17. The Balaban J connectivity index is 1.94.